The quantitative estimate of drug-likeness (QED) is 0.856. The van der Waals surface area contributed by atoms with Crippen LogP contribution in [0.25, 0.3) is 0 Å². The Morgan fingerprint density at radius 2 is 2.12 bits per heavy atom. The molecular weight excluding hydrogens is 259 g/mol. The minimum Gasteiger partial charge on any atom is -0.497 e. The van der Waals surface area contributed by atoms with Gasteiger partial charge >= 0.3 is 6.18 Å². The lowest BCUT2D eigenvalue weighted by Crippen LogP contribution is -2.16. The Bertz CT molecular complexity index is 432. The molecule has 0 saturated carbocycles. The summed E-state index contributed by atoms with van der Waals surface area (Å²) >= 11 is 5.02. The first-order chi connectivity index (χ1) is 7.88. The van der Waals surface area contributed by atoms with E-state index in [4.69, 9.17) is 21.4 Å². The van der Waals surface area contributed by atoms with Gasteiger partial charge in [0.1, 0.15) is 5.75 Å². The number of alkyl halides is 3. The Balaban J connectivity index is 3.20. The van der Waals surface area contributed by atoms with Crippen molar-refractivity contribution in [1.82, 2.24) is 0 Å². The Morgan fingerprint density at radius 3 is 2.59 bits per heavy atom. The number of methoxy groups -OCH3 is 1. The van der Waals surface area contributed by atoms with Gasteiger partial charge in [0.15, 0.2) is 0 Å². The molecule has 0 amide bonds. The zero-order valence-corrected chi connectivity index (χ0v) is 9.51. The molecule has 0 spiro atoms. The number of benzene rings is 1. The molecule has 0 fully saturated rings. The molecule has 0 aliphatic carbocycles. The van der Waals surface area contributed by atoms with Gasteiger partial charge in [-0.2, -0.15) is 13.2 Å². The van der Waals surface area contributed by atoms with Gasteiger partial charge in [-0.1, -0.05) is 17.7 Å². The number of aliphatic hydroxyl groups excluding tert-OH is 1. The largest absolute Gasteiger partial charge is 0.497 e. The van der Waals surface area contributed by atoms with Gasteiger partial charge < -0.3 is 9.84 Å². The molecule has 1 aromatic rings. The number of hydrogen-bond acceptors (Lipinski definition) is 3. The number of nitrogens with zero attached hydrogens (tertiary/aromatic N) is 1. The SMILES string of the molecule is COc1ccc(CO)c(N=C(Cl)C(F)(F)F)c1. The second-order valence-electron chi connectivity index (χ2n) is 3.05. The highest BCUT2D eigenvalue weighted by Crippen LogP contribution is 2.29. The normalized spacial score (nSPS) is 12.7. The number of rotatable bonds is 3. The summed E-state index contributed by atoms with van der Waals surface area (Å²) in [6.07, 6.45) is -4.71. The van der Waals surface area contributed by atoms with Crippen LogP contribution in [0.4, 0.5) is 18.9 Å². The monoisotopic (exact) mass is 267 g/mol. The van der Waals surface area contributed by atoms with Crippen molar-refractivity contribution in [2.45, 2.75) is 12.8 Å². The van der Waals surface area contributed by atoms with E-state index in [2.05, 4.69) is 4.99 Å². The smallest absolute Gasteiger partial charge is 0.444 e. The van der Waals surface area contributed by atoms with E-state index in [0.717, 1.165) is 0 Å². The number of hydrogen-bond donors (Lipinski definition) is 1. The maximum Gasteiger partial charge on any atom is 0.444 e. The van der Waals surface area contributed by atoms with Crippen molar-refractivity contribution in [1.29, 1.82) is 0 Å². The van der Waals surface area contributed by atoms with E-state index in [1.165, 1.54) is 25.3 Å². The maximum atomic E-state index is 12.2. The maximum absolute atomic E-state index is 12.2. The summed E-state index contributed by atoms with van der Waals surface area (Å²) in [6.45, 7) is -0.440. The van der Waals surface area contributed by atoms with Crippen molar-refractivity contribution < 1.29 is 23.0 Å². The minimum absolute atomic E-state index is 0.0748. The van der Waals surface area contributed by atoms with E-state index < -0.39 is 18.0 Å². The molecule has 0 unspecified atom stereocenters. The predicted octanol–water partition coefficient (Wildman–Crippen LogP) is 3.02. The highest BCUT2D eigenvalue weighted by molar-refractivity contribution is 6.67. The van der Waals surface area contributed by atoms with E-state index >= 15 is 0 Å². The summed E-state index contributed by atoms with van der Waals surface area (Å²) in [6, 6.07) is 4.18. The van der Waals surface area contributed by atoms with Gasteiger partial charge in [-0.15, -0.1) is 0 Å². The fourth-order valence-corrected chi connectivity index (χ4v) is 1.17. The van der Waals surface area contributed by atoms with Crippen molar-refractivity contribution in [2.75, 3.05) is 7.11 Å². The summed E-state index contributed by atoms with van der Waals surface area (Å²) in [7, 11) is 1.37. The lowest BCUT2D eigenvalue weighted by molar-refractivity contribution is -0.0558. The molecule has 7 heteroatoms. The lowest BCUT2D eigenvalue weighted by Gasteiger charge is -2.08. The molecule has 1 aromatic carbocycles. The minimum atomic E-state index is -4.71. The van der Waals surface area contributed by atoms with Gasteiger partial charge in [0.25, 0.3) is 0 Å². The van der Waals surface area contributed by atoms with Crippen LogP contribution < -0.4 is 4.74 Å². The first-order valence-corrected chi connectivity index (χ1v) is 4.85. The van der Waals surface area contributed by atoms with E-state index in [1.807, 2.05) is 0 Å². The van der Waals surface area contributed by atoms with Gasteiger partial charge in [-0.3, -0.25) is 0 Å². The fraction of sp³-hybridized carbons (Fsp3) is 0.300. The third-order valence-corrected chi connectivity index (χ3v) is 2.21. The van der Waals surface area contributed by atoms with Crippen molar-refractivity contribution in [3.63, 3.8) is 0 Å². The number of aliphatic imine (C=N–C) groups is 1. The second kappa shape index (κ2) is 5.37. The first kappa shape index (κ1) is 13.8. The van der Waals surface area contributed by atoms with E-state index in [9.17, 15) is 13.2 Å². The summed E-state index contributed by atoms with van der Waals surface area (Å²) in [5.41, 5.74) is 0.155. The van der Waals surface area contributed by atoms with Crippen molar-refractivity contribution in [3.8, 4) is 5.75 Å². The molecule has 1 N–H and O–H groups in total. The molecular formula is C10H9ClF3NO2. The summed E-state index contributed by atoms with van der Waals surface area (Å²) in [4.78, 5) is 3.23. The summed E-state index contributed by atoms with van der Waals surface area (Å²) in [5, 5.41) is 7.46. The van der Waals surface area contributed by atoms with Gasteiger partial charge in [-0.25, -0.2) is 4.99 Å². The standard InChI is InChI=1S/C10H9ClF3NO2/c1-17-7-3-2-6(5-16)8(4-7)15-9(11)10(12,13)14/h2-4,16H,5H2,1H3. The third-order valence-electron chi connectivity index (χ3n) is 1.92. The van der Waals surface area contributed by atoms with Gasteiger partial charge in [-0.05, 0) is 6.07 Å². The van der Waals surface area contributed by atoms with Crippen LogP contribution in [0, 0.1) is 0 Å². The van der Waals surface area contributed by atoms with E-state index in [1.54, 1.807) is 0 Å². The Hall–Kier alpha value is -1.27. The van der Waals surface area contributed by atoms with Crippen molar-refractivity contribution in [2.24, 2.45) is 4.99 Å². The molecule has 3 nitrogen and oxygen atoms in total. The number of aliphatic hydroxyl groups is 1. The fourth-order valence-electron chi connectivity index (χ4n) is 1.08. The molecule has 1 rings (SSSR count). The molecule has 0 bridgehead atoms. The van der Waals surface area contributed by atoms with Gasteiger partial charge in [0, 0.05) is 11.6 Å². The third kappa shape index (κ3) is 3.61. The molecule has 0 aliphatic rings. The van der Waals surface area contributed by atoms with E-state index in [-0.39, 0.29) is 11.3 Å². The van der Waals surface area contributed by atoms with Crippen LogP contribution in [0.1, 0.15) is 5.56 Å². The molecule has 0 aliphatic heterocycles. The topological polar surface area (TPSA) is 41.8 Å². The first-order valence-electron chi connectivity index (χ1n) is 4.47. The Morgan fingerprint density at radius 1 is 1.47 bits per heavy atom. The van der Waals surface area contributed by atoms with Crippen LogP contribution in [-0.4, -0.2) is 23.6 Å². The van der Waals surface area contributed by atoms with Crippen LogP contribution >= 0.6 is 11.6 Å². The van der Waals surface area contributed by atoms with Crippen LogP contribution in [0.2, 0.25) is 0 Å². The van der Waals surface area contributed by atoms with Crippen LogP contribution in [0.15, 0.2) is 23.2 Å². The van der Waals surface area contributed by atoms with Gasteiger partial charge in [0.05, 0.1) is 19.4 Å². The lowest BCUT2D eigenvalue weighted by atomic mass is 10.2. The number of ether oxygens (including phenoxy) is 1. The predicted molar refractivity (Wildman–Crippen MR) is 57.9 cm³/mol. The molecule has 94 valence electrons. The second-order valence-corrected chi connectivity index (χ2v) is 3.41. The molecule has 17 heavy (non-hydrogen) atoms. The molecule has 0 heterocycles. The molecule has 0 radical (unpaired) electrons. The van der Waals surface area contributed by atoms with Crippen molar-refractivity contribution >= 4 is 22.5 Å². The Kier molecular flexibility index (Phi) is 4.36. The van der Waals surface area contributed by atoms with Gasteiger partial charge in [0.2, 0.25) is 5.17 Å². The van der Waals surface area contributed by atoms with Crippen LogP contribution in [0.3, 0.4) is 0 Å². The average molecular weight is 268 g/mol. The van der Waals surface area contributed by atoms with E-state index in [0.29, 0.717) is 5.75 Å². The molecule has 0 atom stereocenters. The van der Waals surface area contributed by atoms with Crippen molar-refractivity contribution in [3.05, 3.63) is 23.8 Å². The highest BCUT2D eigenvalue weighted by atomic mass is 35.5. The van der Waals surface area contributed by atoms with Crippen LogP contribution in [-0.2, 0) is 6.61 Å². The zero-order chi connectivity index (χ0) is 13.1. The Labute approximate surface area is 100 Å². The number of halogens is 4. The molecule has 0 saturated heterocycles. The summed E-state index contributed by atoms with van der Waals surface area (Å²) < 4.78 is 41.4. The molecule has 0 aromatic heterocycles. The summed E-state index contributed by atoms with van der Waals surface area (Å²) in [5.74, 6) is 0.326. The zero-order valence-electron chi connectivity index (χ0n) is 8.75. The van der Waals surface area contributed by atoms with Crippen LogP contribution in [0.5, 0.6) is 5.75 Å². The highest BCUT2D eigenvalue weighted by Gasteiger charge is 2.34. The average Bonchev–Trinajstić information content (AvgIpc) is 2.27.